The minimum Gasteiger partial charge on any atom is -0.486 e. The Morgan fingerprint density at radius 1 is 1.19 bits per heavy atom. The third-order valence-electron chi connectivity index (χ3n) is 4.16. The topological polar surface area (TPSA) is 51.2 Å². The molecule has 1 aromatic carbocycles. The van der Waals surface area contributed by atoms with Crippen molar-refractivity contribution in [3.63, 3.8) is 0 Å². The van der Waals surface area contributed by atoms with E-state index in [1.807, 2.05) is 48.0 Å². The number of benzene rings is 1. The van der Waals surface area contributed by atoms with Gasteiger partial charge in [0.1, 0.15) is 17.4 Å². The Morgan fingerprint density at radius 3 is 2.63 bits per heavy atom. The van der Waals surface area contributed by atoms with Gasteiger partial charge in [0, 0.05) is 10.3 Å². The Balaban J connectivity index is 1.53. The van der Waals surface area contributed by atoms with Gasteiger partial charge in [-0.3, -0.25) is 4.79 Å². The van der Waals surface area contributed by atoms with Crippen molar-refractivity contribution < 1.29 is 9.53 Å². The predicted octanol–water partition coefficient (Wildman–Crippen LogP) is 5.15. The van der Waals surface area contributed by atoms with E-state index in [2.05, 4.69) is 30.2 Å². The lowest BCUT2D eigenvalue weighted by Crippen LogP contribution is -2.32. The smallest absolute Gasteiger partial charge is 0.226 e. The monoisotopic (exact) mass is 400 g/mol. The van der Waals surface area contributed by atoms with Crippen LogP contribution >= 0.6 is 22.7 Å². The van der Waals surface area contributed by atoms with Crippen molar-refractivity contribution in [1.29, 1.82) is 0 Å². The van der Waals surface area contributed by atoms with Crippen LogP contribution in [-0.4, -0.2) is 10.9 Å². The molecule has 0 aliphatic heterocycles. The fourth-order valence-corrected chi connectivity index (χ4v) is 4.35. The van der Waals surface area contributed by atoms with E-state index >= 15 is 0 Å². The average Bonchev–Trinajstić information content (AvgIpc) is 3.31. The zero-order valence-corrected chi connectivity index (χ0v) is 17.4. The molecule has 0 radical (unpaired) electrons. The Labute approximate surface area is 168 Å². The molecule has 0 aliphatic carbocycles. The van der Waals surface area contributed by atoms with Crippen LogP contribution in [0.25, 0.3) is 0 Å². The first-order valence-electron chi connectivity index (χ1n) is 8.97. The Hall–Kier alpha value is -2.18. The summed E-state index contributed by atoms with van der Waals surface area (Å²) in [6.45, 7) is 6.70. The summed E-state index contributed by atoms with van der Waals surface area (Å²) in [6.07, 6.45) is 0.287. The Morgan fingerprint density at radius 2 is 1.96 bits per heavy atom. The summed E-state index contributed by atoms with van der Waals surface area (Å²) in [4.78, 5) is 18.2. The van der Waals surface area contributed by atoms with Crippen LogP contribution in [0.15, 0.2) is 47.2 Å². The van der Waals surface area contributed by atoms with Crippen molar-refractivity contribution in [2.45, 2.75) is 39.8 Å². The second-order valence-electron chi connectivity index (χ2n) is 6.82. The zero-order valence-electron chi connectivity index (χ0n) is 15.8. The molecule has 1 unspecified atom stereocenters. The lowest BCUT2D eigenvalue weighted by Gasteiger charge is -2.21. The van der Waals surface area contributed by atoms with Gasteiger partial charge in [-0.2, -0.15) is 0 Å². The molecule has 0 saturated heterocycles. The number of ether oxygens (including phenoxy) is 1. The second-order valence-corrected chi connectivity index (χ2v) is 8.74. The highest BCUT2D eigenvalue weighted by Crippen LogP contribution is 2.26. The number of thiophene rings is 1. The number of aryl methyl sites for hydroxylation is 1. The van der Waals surface area contributed by atoms with E-state index in [1.165, 1.54) is 21.8 Å². The molecule has 3 rings (SSSR count). The minimum atomic E-state index is -0.00148. The summed E-state index contributed by atoms with van der Waals surface area (Å²) in [5, 5.41) is 7.99. The molecule has 6 heteroatoms. The first-order valence-corrected chi connectivity index (χ1v) is 10.7. The van der Waals surface area contributed by atoms with Gasteiger partial charge >= 0.3 is 0 Å². The van der Waals surface area contributed by atoms with Crippen LogP contribution in [0.1, 0.15) is 41.0 Å². The number of aromatic nitrogens is 1. The number of hydrogen-bond acceptors (Lipinski definition) is 5. The van der Waals surface area contributed by atoms with Crippen molar-refractivity contribution >= 4 is 28.6 Å². The van der Waals surface area contributed by atoms with Crippen LogP contribution in [0.3, 0.4) is 0 Å². The van der Waals surface area contributed by atoms with Gasteiger partial charge in [0.2, 0.25) is 5.91 Å². The van der Waals surface area contributed by atoms with E-state index in [1.54, 1.807) is 11.3 Å². The Kier molecular flexibility index (Phi) is 6.63. The van der Waals surface area contributed by atoms with Crippen LogP contribution in [0.5, 0.6) is 5.75 Å². The zero-order chi connectivity index (χ0) is 19.2. The summed E-state index contributed by atoms with van der Waals surface area (Å²) in [5.41, 5.74) is 1.99. The number of hydrogen-bond donors (Lipinski definition) is 1. The molecule has 4 nitrogen and oxygen atoms in total. The quantitative estimate of drug-likeness (QED) is 0.569. The third-order valence-corrected chi connectivity index (χ3v) is 5.98. The molecule has 1 atom stereocenters. The third kappa shape index (κ3) is 5.65. The van der Waals surface area contributed by atoms with Crippen molar-refractivity contribution in [3.05, 3.63) is 68.3 Å². The van der Waals surface area contributed by atoms with Gasteiger partial charge in [-0.1, -0.05) is 37.6 Å². The van der Waals surface area contributed by atoms with Crippen molar-refractivity contribution in [2.24, 2.45) is 5.92 Å². The molecule has 0 spiro atoms. The van der Waals surface area contributed by atoms with E-state index in [-0.39, 0.29) is 18.4 Å². The average molecular weight is 401 g/mol. The molecule has 1 amide bonds. The van der Waals surface area contributed by atoms with Crippen LogP contribution in [0, 0.1) is 12.8 Å². The van der Waals surface area contributed by atoms with E-state index < -0.39 is 0 Å². The molecule has 0 saturated carbocycles. The fraction of sp³-hybridized carbons (Fsp3) is 0.333. The number of nitrogens with zero attached hydrogens (tertiary/aromatic N) is 1. The molecule has 3 aromatic rings. The SMILES string of the molecule is Cc1ccc(OCc2nc(CC(=O)NC(c3cccs3)C(C)C)cs2)cc1. The second kappa shape index (κ2) is 9.15. The molecule has 0 fully saturated rings. The fourth-order valence-electron chi connectivity index (χ4n) is 2.70. The maximum Gasteiger partial charge on any atom is 0.226 e. The molecular weight excluding hydrogens is 376 g/mol. The van der Waals surface area contributed by atoms with Crippen LogP contribution < -0.4 is 10.1 Å². The van der Waals surface area contributed by atoms with E-state index in [0.29, 0.717) is 12.5 Å². The normalized spacial score (nSPS) is 12.1. The van der Waals surface area contributed by atoms with Gasteiger partial charge in [0.15, 0.2) is 0 Å². The first-order chi connectivity index (χ1) is 13.0. The van der Waals surface area contributed by atoms with Crippen LogP contribution in [0.2, 0.25) is 0 Å². The van der Waals surface area contributed by atoms with Gasteiger partial charge in [-0.25, -0.2) is 4.98 Å². The summed E-state index contributed by atoms with van der Waals surface area (Å²) in [6, 6.07) is 12.1. The lowest BCUT2D eigenvalue weighted by molar-refractivity contribution is -0.121. The number of carbonyl (C=O) groups excluding carboxylic acids is 1. The largest absolute Gasteiger partial charge is 0.486 e. The van der Waals surface area contributed by atoms with E-state index in [4.69, 9.17) is 4.74 Å². The molecular formula is C21H24N2O2S2. The lowest BCUT2D eigenvalue weighted by atomic mass is 10.0. The van der Waals surface area contributed by atoms with E-state index in [9.17, 15) is 4.79 Å². The van der Waals surface area contributed by atoms with Gasteiger partial charge < -0.3 is 10.1 Å². The number of carbonyl (C=O) groups is 1. The number of nitrogens with one attached hydrogen (secondary N) is 1. The maximum absolute atomic E-state index is 12.5. The number of thiazole rings is 1. The minimum absolute atomic E-state index is 0.00148. The van der Waals surface area contributed by atoms with Crippen LogP contribution in [-0.2, 0) is 17.8 Å². The summed E-state index contributed by atoms with van der Waals surface area (Å²) in [7, 11) is 0. The maximum atomic E-state index is 12.5. The molecule has 0 bridgehead atoms. The van der Waals surface area contributed by atoms with Gasteiger partial charge in [-0.15, -0.1) is 22.7 Å². The van der Waals surface area contributed by atoms with Gasteiger partial charge in [0.05, 0.1) is 18.2 Å². The van der Waals surface area contributed by atoms with Crippen LogP contribution in [0.4, 0.5) is 0 Å². The molecule has 2 aromatic heterocycles. The number of amides is 1. The summed E-state index contributed by atoms with van der Waals surface area (Å²) in [5.74, 6) is 1.16. The highest BCUT2D eigenvalue weighted by molar-refractivity contribution is 7.10. The molecule has 27 heavy (non-hydrogen) atoms. The molecule has 2 heterocycles. The molecule has 142 valence electrons. The van der Waals surface area contributed by atoms with Crippen molar-refractivity contribution in [3.8, 4) is 5.75 Å². The highest BCUT2D eigenvalue weighted by atomic mass is 32.1. The standard InChI is InChI=1S/C21H24N2O2S2/c1-14(2)21(18-5-4-10-26-18)23-19(24)11-16-13-27-20(22-16)12-25-17-8-6-15(3)7-9-17/h4-10,13-14,21H,11-12H2,1-3H3,(H,23,24). The van der Waals surface area contributed by atoms with Gasteiger partial charge in [0.25, 0.3) is 0 Å². The molecule has 0 aliphatic rings. The number of rotatable bonds is 8. The van der Waals surface area contributed by atoms with Crippen molar-refractivity contribution in [1.82, 2.24) is 10.3 Å². The predicted molar refractivity (Wildman–Crippen MR) is 111 cm³/mol. The highest BCUT2D eigenvalue weighted by Gasteiger charge is 2.19. The Bertz CT molecular complexity index is 855. The summed E-state index contributed by atoms with van der Waals surface area (Å²) >= 11 is 3.20. The van der Waals surface area contributed by atoms with Gasteiger partial charge in [-0.05, 0) is 36.4 Å². The molecule has 1 N–H and O–H groups in total. The van der Waals surface area contributed by atoms with E-state index in [0.717, 1.165) is 16.5 Å². The summed E-state index contributed by atoms with van der Waals surface area (Å²) < 4.78 is 5.76. The first kappa shape index (κ1) is 19.6. The van der Waals surface area contributed by atoms with Crippen molar-refractivity contribution in [2.75, 3.05) is 0 Å².